The summed E-state index contributed by atoms with van der Waals surface area (Å²) >= 11 is 1.45. The van der Waals surface area contributed by atoms with Gasteiger partial charge >= 0.3 is 0 Å². The van der Waals surface area contributed by atoms with Crippen molar-refractivity contribution in [2.24, 2.45) is 11.8 Å². The van der Waals surface area contributed by atoms with Crippen molar-refractivity contribution in [1.29, 1.82) is 0 Å². The Labute approximate surface area is 160 Å². The summed E-state index contributed by atoms with van der Waals surface area (Å²) in [5, 5.41) is 1.92. The zero-order chi connectivity index (χ0) is 18.1. The first-order valence-corrected chi connectivity index (χ1v) is 10.1. The van der Waals surface area contributed by atoms with E-state index in [1.165, 1.54) is 11.3 Å². The predicted octanol–water partition coefficient (Wildman–Crippen LogP) is 2.77. The maximum Gasteiger partial charge on any atom is 0.218 e. The van der Waals surface area contributed by atoms with Gasteiger partial charge in [-0.1, -0.05) is 36.4 Å². The second-order valence-electron chi connectivity index (χ2n) is 7.45. The molecule has 27 heavy (non-hydrogen) atoms. The van der Waals surface area contributed by atoms with E-state index < -0.39 is 12.3 Å². The van der Waals surface area contributed by atoms with Crippen LogP contribution in [0.15, 0.2) is 47.9 Å². The minimum absolute atomic E-state index is 0.0331. The molecule has 6 heteroatoms. The standard InChI is InChI=1S/C21H17NO4S/c23-19(15-6-3-9-27-15)18-17-14-10-25-21(26-14)20(24)16(17)13-8-7-11-4-1-2-5-12(11)22(13)18/h1-9,13-14,16-18,21H,10H2/t13-,14-,16-,17+,18-,21+/m0/s1. The maximum atomic E-state index is 13.5. The first-order chi connectivity index (χ1) is 13.2. The summed E-state index contributed by atoms with van der Waals surface area (Å²) in [7, 11) is 0. The van der Waals surface area contributed by atoms with Crippen LogP contribution in [0.2, 0.25) is 0 Å². The van der Waals surface area contributed by atoms with Gasteiger partial charge in [0.05, 0.1) is 29.5 Å². The number of hydrogen-bond acceptors (Lipinski definition) is 6. The van der Waals surface area contributed by atoms with Crippen LogP contribution in [0.1, 0.15) is 15.2 Å². The van der Waals surface area contributed by atoms with E-state index in [1.54, 1.807) is 0 Å². The van der Waals surface area contributed by atoms with E-state index in [9.17, 15) is 9.59 Å². The molecule has 1 aromatic heterocycles. The molecule has 0 radical (unpaired) electrons. The van der Waals surface area contributed by atoms with Crippen LogP contribution in [-0.4, -0.2) is 42.7 Å². The Morgan fingerprint density at radius 3 is 2.93 bits per heavy atom. The lowest BCUT2D eigenvalue weighted by molar-refractivity contribution is -0.163. The number of carbonyl (C=O) groups excluding carboxylic acids is 2. The molecule has 2 aromatic rings. The molecular weight excluding hydrogens is 362 g/mol. The summed E-state index contributed by atoms with van der Waals surface area (Å²) < 4.78 is 11.4. The minimum Gasteiger partial charge on any atom is -0.353 e. The summed E-state index contributed by atoms with van der Waals surface area (Å²) in [6, 6.07) is 11.2. The molecule has 5 nitrogen and oxygen atoms in total. The molecule has 5 heterocycles. The van der Waals surface area contributed by atoms with Gasteiger partial charge in [-0.2, -0.15) is 0 Å². The van der Waals surface area contributed by atoms with Gasteiger partial charge in [-0.05, 0) is 23.1 Å². The van der Waals surface area contributed by atoms with E-state index >= 15 is 0 Å². The fourth-order valence-corrected chi connectivity index (χ4v) is 5.84. The van der Waals surface area contributed by atoms with Crippen molar-refractivity contribution < 1.29 is 19.1 Å². The third-order valence-corrected chi connectivity index (χ3v) is 7.07. The number of thiophene rings is 1. The molecule has 0 saturated carbocycles. The van der Waals surface area contributed by atoms with Gasteiger partial charge in [-0.25, -0.2) is 0 Å². The minimum atomic E-state index is -0.778. The highest BCUT2D eigenvalue weighted by Crippen LogP contribution is 2.51. The number of para-hydroxylation sites is 1. The average Bonchev–Trinajstić information content (AvgIpc) is 3.43. The predicted molar refractivity (Wildman–Crippen MR) is 101 cm³/mol. The fraction of sp³-hybridized carbons (Fsp3) is 0.333. The molecule has 0 spiro atoms. The van der Waals surface area contributed by atoms with Crippen LogP contribution < -0.4 is 4.90 Å². The van der Waals surface area contributed by atoms with E-state index in [0.29, 0.717) is 6.61 Å². The van der Waals surface area contributed by atoms with Crippen molar-refractivity contribution >= 4 is 34.7 Å². The third-order valence-electron chi connectivity index (χ3n) is 6.19. The molecule has 1 aromatic carbocycles. The van der Waals surface area contributed by atoms with Crippen LogP contribution in [0.4, 0.5) is 5.69 Å². The summed E-state index contributed by atoms with van der Waals surface area (Å²) in [5.74, 6) is -0.454. The summed E-state index contributed by atoms with van der Waals surface area (Å²) in [6.07, 6.45) is 3.14. The molecule has 2 bridgehead atoms. The number of Topliss-reactive ketones (excluding diaryl/α,β-unsaturated/α-hetero) is 2. The van der Waals surface area contributed by atoms with Crippen molar-refractivity contribution in [3.8, 4) is 0 Å². The highest BCUT2D eigenvalue weighted by molar-refractivity contribution is 7.12. The second-order valence-corrected chi connectivity index (χ2v) is 8.40. The van der Waals surface area contributed by atoms with Gasteiger partial charge in [0.2, 0.25) is 6.29 Å². The van der Waals surface area contributed by atoms with Crippen molar-refractivity contribution in [2.75, 3.05) is 11.5 Å². The Balaban J connectivity index is 1.54. The van der Waals surface area contributed by atoms with Crippen LogP contribution in [0, 0.1) is 11.8 Å². The molecule has 0 unspecified atom stereocenters. The highest BCUT2D eigenvalue weighted by atomic mass is 32.1. The van der Waals surface area contributed by atoms with Crippen molar-refractivity contribution in [1.82, 2.24) is 0 Å². The molecule has 6 atom stereocenters. The zero-order valence-electron chi connectivity index (χ0n) is 14.4. The van der Waals surface area contributed by atoms with Crippen LogP contribution in [0.5, 0.6) is 0 Å². The Bertz CT molecular complexity index is 968. The van der Waals surface area contributed by atoms with Crippen LogP contribution >= 0.6 is 11.3 Å². The lowest BCUT2D eigenvalue weighted by Gasteiger charge is -2.35. The van der Waals surface area contributed by atoms with Gasteiger partial charge in [0, 0.05) is 11.6 Å². The number of fused-ring (bicyclic) bond motifs is 8. The monoisotopic (exact) mass is 379 g/mol. The summed E-state index contributed by atoms with van der Waals surface area (Å²) in [5.41, 5.74) is 2.09. The summed E-state index contributed by atoms with van der Waals surface area (Å²) in [6.45, 7) is 0.373. The molecular formula is C21H17NO4S. The lowest BCUT2D eigenvalue weighted by atomic mass is 9.77. The van der Waals surface area contributed by atoms with Gasteiger partial charge in [-0.15, -0.1) is 11.3 Å². The Morgan fingerprint density at radius 2 is 2.07 bits per heavy atom. The van der Waals surface area contributed by atoms with Gasteiger partial charge in [0.1, 0.15) is 6.04 Å². The number of rotatable bonds is 2. The van der Waals surface area contributed by atoms with Crippen LogP contribution in [0.25, 0.3) is 6.08 Å². The molecule has 3 saturated heterocycles. The number of benzene rings is 1. The van der Waals surface area contributed by atoms with E-state index in [0.717, 1.165) is 16.1 Å². The van der Waals surface area contributed by atoms with Gasteiger partial charge in [0.25, 0.3) is 0 Å². The topological polar surface area (TPSA) is 55.8 Å². The van der Waals surface area contributed by atoms with Crippen LogP contribution in [0.3, 0.4) is 0 Å². The summed E-state index contributed by atoms with van der Waals surface area (Å²) in [4.78, 5) is 29.5. The van der Waals surface area contributed by atoms with E-state index in [4.69, 9.17) is 9.47 Å². The quantitative estimate of drug-likeness (QED) is 0.751. The van der Waals surface area contributed by atoms with Gasteiger partial charge in [0.15, 0.2) is 11.6 Å². The molecule has 0 N–H and O–H groups in total. The third kappa shape index (κ3) is 2.06. The first kappa shape index (κ1) is 15.7. The average molecular weight is 379 g/mol. The molecule has 3 fully saturated rings. The number of hydrogen-bond donors (Lipinski definition) is 0. The zero-order valence-corrected chi connectivity index (χ0v) is 15.2. The maximum absolute atomic E-state index is 13.5. The Morgan fingerprint density at radius 1 is 1.19 bits per heavy atom. The normalized spacial score (nSPS) is 35.7. The highest BCUT2D eigenvalue weighted by Gasteiger charge is 2.63. The smallest absolute Gasteiger partial charge is 0.218 e. The molecule has 136 valence electrons. The Hall–Kier alpha value is -2.28. The molecule has 4 aliphatic heterocycles. The van der Waals surface area contributed by atoms with Gasteiger partial charge < -0.3 is 14.4 Å². The van der Waals surface area contributed by atoms with E-state index in [1.807, 2.05) is 41.8 Å². The lowest BCUT2D eigenvalue weighted by Crippen LogP contribution is -2.48. The first-order valence-electron chi connectivity index (χ1n) is 9.18. The molecule has 4 aliphatic rings. The van der Waals surface area contributed by atoms with Crippen molar-refractivity contribution in [2.45, 2.75) is 24.5 Å². The SMILES string of the molecule is O=C1[C@@H]2OC[C@H](O2)[C@@H]2[C@@H]1[C@@H]1C=Cc3ccccc3N1[C@@H]2C(=O)c1cccs1. The number of nitrogens with zero attached hydrogens (tertiary/aromatic N) is 1. The number of carbonyl (C=O) groups is 2. The molecule has 0 amide bonds. The van der Waals surface area contributed by atoms with Crippen molar-refractivity contribution in [3.63, 3.8) is 0 Å². The van der Waals surface area contributed by atoms with Crippen molar-refractivity contribution in [3.05, 3.63) is 58.3 Å². The van der Waals surface area contributed by atoms with Crippen LogP contribution in [-0.2, 0) is 14.3 Å². The van der Waals surface area contributed by atoms with Gasteiger partial charge in [-0.3, -0.25) is 9.59 Å². The number of anilines is 1. The second kappa shape index (κ2) is 5.61. The number of ketones is 2. The Kier molecular flexibility index (Phi) is 3.27. The molecule has 0 aliphatic carbocycles. The fourth-order valence-electron chi connectivity index (χ4n) is 5.14. The number of ether oxygens (including phenoxy) is 2. The van der Waals surface area contributed by atoms with E-state index in [-0.39, 0.29) is 35.5 Å². The molecule has 6 rings (SSSR count). The van der Waals surface area contributed by atoms with E-state index in [2.05, 4.69) is 17.1 Å². The largest absolute Gasteiger partial charge is 0.353 e.